The first kappa shape index (κ1) is 18.1. The molecule has 0 aliphatic carbocycles. The van der Waals surface area contributed by atoms with Crippen LogP contribution in [0.2, 0.25) is 0 Å². The molecule has 1 N–H and O–H groups in total. The van der Waals surface area contributed by atoms with Crippen LogP contribution in [0, 0.1) is 10.1 Å². The molecule has 1 aliphatic rings. The second-order valence-corrected chi connectivity index (χ2v) is 5.30. The van der Waals surface area contributed by atoms with E-state index in [2.05, 4.69) is 5.32 Å². The Morgan fingerprint density at radius 2 is 2.00 bits per heavy atom. The average Bonchev–Trinajstić information content (AvgIpc) is 2.53. The molecule has 1 heterocycles. The van der Waals surface area contributed by atoms with Crippen LogP contribution in [0.5, 0.6) is 0 Å². The highest BCUT2D eigenvalue weighted by atomic mass is 16.6. The number of esters is 1. The fraction of sp³-hybridized carbons (Fsp3) is 0.312. The van der Waals surface area contributed by atoms with Crippen LogP contribution >= 0.6 is 0 Å². The van der Waals surface area contributed by atoms with Crippen LogP contribution in [-0.4, -0.2) is 34.3 Å². The third-order valence-corrected chi connectivity index (χ3v) is 3.71. The van der Waals surface area contributed by atoms with E-state index in [1.165, 1.54) is 31.2 Å². The number of nitrogens with one attached hydrogen (secondary N) is 1. The topological polar surface area (TPSA) is 119 Å². The maximum absolute atomic E-state index is 12.4. The molecule has 1 aliphatic heterocycles. The molecule has 0 aromatic heterocycles. The number of rotatable bonds is 4. The van der Waals surface area contributed by atoms with Gasteiger partial charge < -0.3 is 10.1 Å². The summed E-state index contributed by atoms with van der Waals surface area (Å²) >= 11 is 0. The Labute approximate surface area is 143 Å². The van der Waals surface area contributed by atoms with Crippen molar-refractivity contribution < 1.29 is 24.0 Å². The number of imide groups is 1. The van der Waals surface area contributed by atoms with Gasteiger partial charge in [-0.05, 0) is 19.9 Å². The number of carbonyl (C=O) groups excluding carboxylic acids is 3. The van der Waals surface area contributed by atoms with Crippen molar-refractivity contribution >= 4 is 23.6 Å². The van der Waals surface area contributed by atoms with Crippen LogP contribution in [0.25, 0.3) is 0 Å². The zero-order valence-corrected chi connectivity index (χ0v) is 13.9. The number of nitrogens with zero attached hydrogens (tertiary/aromatic N) is 2. The number of nitro groups is 1. The number of carbonyl (C=O) groups is 3. The van der Waals surface area contributed by atoms with Gasteiger partial charge in [0.25, 0.3) is 5.69 Å². The third-order valence-electron chi connectivity index (χ3n) is 3.71. The van der Waals surface area contributed by atoms with Crippen LogP contribution in [0.3, 0.4) is 0 Å². The smallest absolute Gasteiger partial charge is 0.338 e. The standard InChI is InChI=1S/C16H17N3O6/c1-4-25-15(21)13-9(2)17-16(22)18(10(3)20)14(13)11-7-5-6-8-12(11)19(23)24/h5-8,14H,4H2,1-3H3,(H,17,22). The van der Waals surface area contributed by atoms with Crippen LogP contribution in [0.1, 0.15) is 32.4 Å². The molecule has 1 aromatic carbocycles. The minimum Gasteiger partial charge on any atom is -0.463 e. The molecule has 0 saturated carbocycles. The zero-order valence-electron chi connectivity index (χ0n) is 13.9. The van der Waals surface area contributed by atoms with E-state index in [0.717, 1.165) is 11.8 Å². The Balaban J connectivity index is 2.75. The van der Waals surface area contributed by atoms with Crippen LogP contribution in [0.4, 0.5) is 10.5 Å². The van der Waals surface area contributed by atoms with E-state index >= 15 is 0 Å². The number of allylic oxidation sites excluding steroid dienone is 1. The van der Waals surface area contributed by atoms with Crippen molar-refractivity contribution in [2.45, 2.75) is 26.8 Å². The minimum atomic E-state index is -1.24. The summed E-state index contributed by atoms with van der Waals surface area (Å²) in [6.45, 7) is 4.30. The number of amides is 3. The molecule has 9 heteroatoms. The van der Waals surface area contributed by atoms with Gasteiger partial charge in [-0.2, -0.15) is 0 Å². The molecule has 132 valence electrons. The predicted molar refractivity (Wildman–Crippen MR) is 86.2 cm³/mol. The first-order valence-electron chi connectivity index (χ1n) is 7.51. The van der Waals surface area contributed by atoms with Crippen molar-refractivity contribution in [3.8, 4) is 0 Å². The van der Waals surface area contributed by atoms with Gasteiger partial charge >= 0.3 is 12.0 Å². The normalized spacial score (nSPS) is 17.2. The predicted octanol–water partition coefficient (Wildman–Crippen LogP) is 2.04. The zero-order chi connectivity index (χ0) is 18.7. The van der Waals surface area contributed by atoms with Crippen LogP contribution < -0.4 is 5.32 Å². The van der Waals surface area contributed by atoms with E-state index in [-0.39, 0.29) is 29.1 Å². The summed E-state index contributed by atoms with van der Waals surface area (Å²) in [4.78, 5) is 48.2. The van der Waals surface area contributed by atoms with E-state index in [1.807, 2.05) is 0 Å². The lowest BCUT2D eigenvalue weighted by Crippen LogP contribution is -2.50. The van der Waals surface area contributed by atoms with Gasteiger partial charge in [-0.25, -0.2) is 9.59 Å². The van der Waals surface area contributed by atoms with Gasteiger partial charge in [-0.1, -0.05) is 12.1 Å². The summed E-state index contributed by atoms with van der Waals surface area (Å²) < 4.78 is 5.01. The van der Waals surface area contributed by atoms with Crippen molar-refractivity contribution in [3.05, 3.63) is 51.2 Å². The molecule has 1 aromatic rings. The first-order valence-corrected chi connectivity index (χ1v) is 7.51. The Morgan fingerprint density at radius 1 is 1.36 bits per heavy atom. The second-order valence-electron chi connectivity index (χ2n) is 5.30. The van der Waals surface area contributed by atoms with Gasteiger partial charge in [0, 0.05) is 18.7 Å². The largest absolute Gasteiger partial charge is 0.463 e. The molecule has 1 atom stereocenters. The molecule has 25 heavy (non-hydrogen) atoms. The molecule has 2 rings (SSSR count). The number of urea groups is 1. The number of hydrogen-bond acceptors (Lipinski definition) is 6. The molecule has 3 amide bonds. The van der Waals surface area contributed by atoms with E-state index in [0.29, 0.717) is 0 Å². The highest BCUT2D eigenvalue weighted by Crippen LogP contribution is 2.38. The average molecular weight is 347 g/mol. The second kappa shape index (κ2) is 7.12. The monoisotopic (exact) mass is 347 g/mol. The van der Waals surface area contributed by atoms with E-state index in [4.69, 9.17) is 4.74 Å². The molecule has 0 bridgehead atoms. The van der Waals surface area contributed by atoms with Gasteiger partial charge in [0.2, 0.25) is 5.91 Å². The molecule has 9 nitrogen and oxygen atoms in total. The Bertz CT molecular complexity index is 786. The van der Waals surface area contributed by atoms with Gasteiger partial charge in [0.1, 0.15) is 6.04 Å². The maximum atomic E-state index is 12.4. The highest BCUT2D eigenvalue weighted by molar-refractivity contribution is 6.01. The summed E-state index contributed by atoms with van der Waals surface area (Å²) in [6, 6.07) is 3.64. The summed E-state index contributed by atoms with van der Waals surface area (Å²) in [5.74, 6) is -1.41. The van der Waals surface area contributed by atoms with Crippen molar-refractivity contribution in [2.75, 3.05) is 6.61 Å². The Kier molecular flexibility index (Phi) is 5.16. The van der Waals surface area contributed by atoms with E-state index < -0.39 is 28.9 Å². The molecule has 0 radical (unpaired) electrons. The molecule has 0 saturated heterocycles. The number of para-hydroxylation sites is 1. The molecule has 0 fully saturated rings. The van der Waals surface area contributed by atoms with E-state index in [1.54, 1.807) is 6.92 Å². The highest BCUT2D eigenvalue weighted by Gasteiger charge is 2.43. The van der Waals surface area contributed by atoms with Crippen molar-refractivity contribution in [1.82, 2.24) is 10.2 Å². The van der Waals surface area contributed by atoms with Crippen molar-refractivity contribution in [3.63, 3.8) is 0 Å². The van der Waals surface area contributed by atoms with Crippen LogP contribution in [-0.2, 0) is 14.3 Å². The third kappa shape index (κ3) is 3.35. The number of nitro benzene ring substituents is 1. The summed E-state index contributed by atoms with van der Waals surface area (Å²) in [5, 5.41) is 13.8. The lowest BCUT2D eigenvalue weighted by molar-refractivity contribution is -0.385. The molecular formula is C16H17N3O6. The fourth-order valence-electron chi connectivity index (χ4n) is 2.72. The summed E-state index contributed by atoms with van der Waals surface area (Å²) in [6.07, 6.45) is 0. The minimum absolute atomic E-state index is 0.0223. The van der Waals surface area contributed by atoms with Gasteiger partial charge in [-0.3, -0.25) is 19.8 Å². The van der Waals surface area contributed by atoms with Gasteiger partial charge in [0.15, 0.2) is 0 Å². The molecular weight excluding hydrogens is 330 g/mol. The Hall–Kier alpha value is -3.23. The van der Waals surface area contributed by atoms with E-state index in [9.17, 15) is 24.5 Å². The Morgan fingerprint density at radius 3 is 2.56 bits per heavy atom. The van der Waals surface area contributed by atoms with Crippen molar-refractivity contribution in [2.24, 2.45) is 0 Å². The molecule has 0 spiro atoms. The van der Waals surface area contributed by atoms with Crippen LogP contribution in [0.15, 0.2) is 35.5 Å². The van der Waals surface area contributed by atoms with Gasteiger partial charge in [-0.15, -0.1) is 0 Å². The van der Waals surface area contributed by atoms with Gasteiger partial charge in [0.05, 0.1) is 22.7 Å². The quantitative estimate of drug-likeness (QED) is 0.506. The lowest BCUT2D eigenvalue weighted by atomic mass is 9.92. The summed E-state index contributed by atoms with van der Waals surface area (Å²) in [5.41, 5.74) is -0.0851. The number of hydrogen-bond donors (Lipinski definition) is 1. The SMILES string of the molecule is CCOC(=O)C1=C(C)NC(=O)N(C(C)=O)C1c1ccccc1[N+](=O)[O-]. The first-order chi connectivity index (χ1) is 11.8. The fourth-order valence-corrected chi connectivity index (χ4v) is 2.72. The number of ether oxygens (including phenoxy) is 1. The lowest BCUT2D eigenvalue weighted by Gasteiger charge is -2.35. The molecule has 1 unspecified atom stereocenters. The number of benzene rings is 1. The van der Waals surface area contributed by atoms with Crippen molar-refractivity contribution in [1.29, 1.82) is 0 Å². The maximum Gasteiger partial charge on any atom is 0.338 e. The summed E-state index contributed by atoms with van der Waals surface area (Å²) in [7, 11) is 0.